The minimum atomic E-state index is -3.60. The number of aromatic nitrogens is 2. The van der Waals surface area contributed by atoms with E-state index in [1.807, 2.05) is 0 Å². The molecule has 9 heteroatoms. The van der Waals surface area contributed by atoms with Crippen LogP contribution in [0, 0.1) is 0 Å². The maximum atomic E-state index is 11.9. The van der Waals surface area contributed by atoms with Crippen LogP contribution in [0.3, 0.4) is 0 Å². The fourth-order valence-corrected chi connectivity index (χ4v) is 3.94. The second-order valence-electron chi connectivity index (χ2n) is 3.90. The molecule has 3 N–H and O–H groups in total. The van der Waals surface area contributed by atoms with E-state index in [0.29, 0.717) is 6.42 Å². The van der Waals surface area contributed by atoms with Gasteiger partial charge in [0.15, 0.2) is 0 Å². The van der Waals surface area contributed by atoms with Gasteiger partial charge in [-0.05, 0) is 19.3 Å². The molecule has 1 heterocycles. The normalized spacial score (nSPS) is 25.2. The van der Waals surface area contributed by atoms with E-state index in [4.69, 9.17) is 10.5 Å². The van der Waals surface area contributed by atoms with Gasteiger partial charge in [-0.1, -0.05) is 11.3 Å². The molecule has 2 atom stereocenters. The van der Waals surface area contributed by atoms with Crippen molar-refractivity contribution >= 4 is 26.5 Å². The Kier molecular flexibility index (Phi) is 3.61. The van der Waals surface area contributed by atoms with E-state index in [-0.39, 0.29) is 21.6 Å². The summed E-state index contributed by atoms with van der Waals surface area (Å²) in [7, 11) is -1.96. The molecule has 17 heavy (non-hydrogen) atoms. The first-order valence-electron chi connectivity index (χ1n) is 5.15. The molecular formula is C8H14N4O3S2. The average molecular weight is 278 g/mol. The highest BCUT2D eigenvalue weighted by Gasteiger charge is 2.30. The number of nitrogens with two attached hydrogens (primary N) is 1. The summed E-state index contributed by atoms with van der Waals surface area (Å²) in [6, 6.07) is -0.102. The predicted octanol–water partition coefficient (Wildman–Crippen LogP) is -0.0339. The Hall–Kier alpha value is -0.770. The van der Waals surface area contributed by atoms with E-state index in [1.165, 1.54) is 0 Å². The summed E-state index contributed by atoms with van der Waals surface area (Å²) in [5.41, 5.74) is 5.36. The van der Waals surface area contributed by atoms with E-state index in [1.54, 1.807) is 7.11 Å². The van der Waals surface area contributed by atoms with Crippen molar-refractivity contribution in [2.24, 2.45) is 0 Å². The molecule has 0 amide bonds. The Morgan fingerprint density at radius 3 is 2.76 bits per heavy atom. The number of nitrogens with zero attached hydrogens (tertiary/aromatic N) is 2. The molecule has 0 saturated heterocycles. The zero-order valence-corrected chi connectivity index (χ0v) is 10.9. The summed E-state index contributed by atoms with van der Waals surface area (Å²) >= 11 is 0.858. The standard InChI is InChI=1S/C8H14N4O3S2/c1-15-6-3-2-5(4-6)12-17(13,14)8-11-10-7(9)16-8/h5-6,12H,2-4H2,1H3,(H2,9,10). The molecule has 1 fully saturated rings. The van der Waals surface area contributed by atoms with E-state index < -0.39 is 10.0 Å². The fourth-order valence-electron chi connectivity index (χ4n) is 1.86. The number of nitrogens with one attached hydrogen (secondary N) is 1. The lowest BCUT2D eigenvalue weighted by atomic mass is 10.3. The van der Waals surface area contributed by atoms with Crippen molar-refractivity contribution in [2.75, 3.05) is 12.8 Å². The molecular weight excluding hydrogens is 264 g/mol. The number of sulfonamides is 1. The first-order valence-corrected chi connectivity index (χ1v) is 7.45. The summed E-state index contributed by atoms with van der Waals surface area (Å²) in [6.07, 6.45) is 2.44. The maximum Gasteiger partial charge on any atom is 0.270 e. The Morgan fingerprint density at radius 2 is 2.24 bits per heavy atom. The van der Waals surface area contributed by atoms with Crippen molar-refractivity contribution in [3.8, 4) is 0 Å². The Morgan fingerprint density at radius 1 is 1.47 bits per heavy atom. The molecule has 1 aliphatic carbocycles. The molecule has 1 saturated carbocycles. The minimum absolute atomic E-state index is 0.0872. The monoisotopic (exact) mass is 278 g/mol. The summed E-state index contributed by atoms with van der Waals surface area (Å²) in [5.74, 6) is 0. The van der Waals surface area contributed by atoms with E-state index in [2.05, 4.69) is 14.9 Å². The number of anilines is 1. The third-order valence-electron chi connectivity index (χ3n) is 2.69. The van der Waals surface area contributed by atoms with Crippen LogP contribution < -0.4 is 10.5 Å². The number of methoxy groups -OCH3 is 1. The van der Waals surface area contributed by atoms with Crippen LogP contribution in [0.15, 0.2) is 4.34 Å². The smallest absolute Gasteiger partial charge is 0.270 e. The van der Waals surface area contributed by atoms with Gasteiger partial charge in [-0.15, -0.1) is 10.2 Å². The number of hydrogen-bond acceptors (Lipinski definition) is 7. The number of nitrogen functional groups attached to an aromatic ring is 1. The van der Waals surface area contributed by atoms with Crippen molar-refractivity contribution in [2.45, 2.75) is 35.7 Å². The van der Waals surface area contributed by atoms with Gasteiger partial charge in [-0.25, -0.2) is 13.1 Å². The van der Waals surface area contributed by atoms with Crippen LogP contribution >= 0.6 is 11.3 Å². The third-order valence-corrected chi connectivity index (χ3v) is 5.33. The Bertz CT molecular complexity index is 487. The lowest BCUT2D eigenvalue weighted by Gasteiger charge is -2.11. The van der Waals surface area contributed by atoms with Crippen LogP contribution in [0.5, 0.6) is 0 Å². The van der Waals surface area contributed by atoms with Crippen molar-refractivity contribution in [3.05, 3.63) is 0 Å². The van der Waals surface area contributed by atoms with Crippen LogP contribution in [0.2, 0.25) is 0 Å². The second kappa shape index (κ2) is 4.84. The quantitative estimate of drug-likeness (QED) is 0.800. The van der Waals surface area contributed by atoms with E-state index in [9.17, 15) is 8.42 Å². The fraction of sp³-hybridized carbons (Fsp3) is 0.750. The molecule has 2 unspecified atom stereocenters. The van der Waals surface area contributed by atoms with Gasteiger partial charge in [0.05, 0.1) is 6.10 Å². The second-order valence-corrected chi connectivity index (χ2v) is 6.79. The van der Waals surface area contributed by atoms with Crippen LogP contribution in [-0.4, -0.2) is 37.9 Å². The van der Waals surface area contributed by atoms with Crippen LogP contribution in [0.4, 0.5) is 5.13 Å². The average Bonchev–Trinajstić information content (AvgIpc) is 2.86. The van der Waals surface area contributed by atoms with Gasteiger partial charge in [0.2, 0.25) is 9.47 Å². The van der Waals surface area contributed by atoms with Gasteiger partial charge in [0.25, 0.3) is 10.0 Å². The first-order chi connectivity index (χ1) is 8.01. The zero-order valence-electron chi connectivity index (χ0n) is 9.29. The largest absolute Gasteiger partial charge is 0.381 e. The topological polar surface area (TPSA) is 107 Å². The molecule has 0 aromatic carbocycles. The zero-order chi connectivity index (χ0) is 12.5. The summed E-state index contributed by atoms with van der Waals surface area (Å²) in [4.78, 5) is 0. The third kappa shape index (κ3) is 2.92. The predicted molar refractivity (Wildman–Crippen MR) is 63.1 cm³/mol. The van der Waals surface area contributed by atoms with Gasteiger partial charge in [0, 0.05) is 13.2 Å². The van der Waals surface area contributed by atoms with Crippen molar-refractivity contribution < 1.29 is 13.2 Å². The molecule has 0 radical (unpaired) electrons. The molecule has 7 nitrogen and oxygen atoms in total. The molecule has 96 valence electrons. The molecule has 0 aliphatic heterocycles. The maximum absolute atomic E-state index is 11.9. The molecule has 2 rings (SSSR count). The lowest BCUT2D eigenvalue weighted by Crippen LogP contribution is -2.33. The highest BCUT2D eigenvalue weighted by molar-refractivity contribution is 7.91. The highest BCUT2D eigenvalue weighted by atomic mass is 32.2. The molecule has 1 aromatic rings. The van der Waals surface area contributed by atoms with Gasteiger partial charge in [0.1, 0.15) is 0 Å². The van der Waals surface area contributed by atoms with Crippen molar-refractivity contribution in [1.29, 1.82) is 0 Å². The number of rotatable bonds is 4. The minimum Gasteiger partial charge on any atom is -0.381 e. The number of ether oxygens (including phenoxy) is 1. The van der Waals surface area contributed by atoms with Crippen LogP contribution in [0.1, 0.15) is 19.3 Å². The van der Waals surface area contributed by atoms with E-state index in [0.717, 1.165) is 24.2 Å². The highest BCUT2D eigenvalue weighted by Crippen LogP contribution is 2.24. The summed E-state index contributed by atoms with van der Waals surface area (Å²) in [6.45, 7) is 0. The first kappa shape index (κ1) is 12.7. The Labute approximate surface area is 103 Å². The summed E-state index contributed by atoms with van der Waals surface area (Å²) in [5, 5.41) is 7.17. The lowest BCUT2D eigenvalue weighted by molar-refractivity contribution is 0.107. The van der Waals surface area contributed by atoms with Crippen LogP contribution in [0.25, 0.3) is 0 Å². The van der Waals surface area contributed by atoms with Gasteiger partial charge >= 0.3 is 0 Å². The van der Waals surface area contributed by atoms with Crippen molar-refractivity contribution in [1.82, 2.24) is 14.9 Å². The number of hydrogen-bond donors (Lipinski definition) is 2. The Balaban J connectivity index is 2.03. The van der Waals surface area contributed by atoms with Crippen molar-refractivity contribution in [3.63, 3.8) is 0 Å². The van der Waals surface area contributed by atoms with Crippen LogP contribution in [-0.2, 0) is 14.8 Å². The molecule has 1 aliphatic rings. The van der Waals surface area contributed by atoms with Gasteiger partial charge < -0.3 is 10.5 Å². The van der Waals surface area contributed by atoms with E-state index >= 15 is 0 Å². The summed E-state index contributed by atoms with van der Waals surface area (Å²) < 4.78 is 31.5. The molecule has 1 aromatic heterocycles. The van der Waals surface area contributed by atoms with Gasteiger partial charge in [-0.3, -0.25) is 0 Å². The molecule has 0 spiro atoms. The SMILES string of the molecule is COC1CCC(NS(=O)(=O)c2nnc(N)s2)C1. The van der Waals surface area contributed by atoms with Gasteiger partial charge in [-0.2, -0.15) is 0 Å². The molecule has 0 bridgehead atoms.